The van der Waals surface area contributed by atoms with Gasteiger partial charge in [0.1, 0.15) is 0 Å². The molecule has 2 atom stereocenters. The topological polar surface area (TPSA) is 0 Å². The van der Waals surface area contributed by atoms with Crippen molar-refractivity contribution in [2.45, 2.75) is 143 Å². The van der Waals surface area contributed by atoms with Crippen molar-refractivity contribution in [1.29, 1.82) is 0 Å². The Balaban J connectivity index is 1.74. The quantitative estimate of drug-likeness (QED) is 0.417. The lowest BCUT2D eigenvalue weighted by atomic mass is 9.55. The van der Waals surface area contributed by atoms with Crippen molar-refractivity contribution >= 4 is 7.85 Å². The average molecular weight is 385 g/mol. The predicted octanol–water partition coefficient (Wildman–Crippen LogP) is 8.89. The van der Waals surface area contributed by atoms with Crippen molar-refractivity contribution in [3.8, 4) is 0 Å². The monoisotopic (exact) mass is 384 g/mol. The minimum atomic E-state index is 0.0973. The number of hydrogen-bond acceptors (Lipinski definition) is 0. The molecule has 0 aromatic carbocycles. The summed E-state index contributed by atoms with van der Waals surface area (Å²) in [5, 5.41) is 0.0973. The van der Waals surface area contributed by atoms with Crippen molar-refractivity contribution in [2.75, 3.05) is 0 Å². The zero-order valence-corrected chi connectivity index (χ0v) is 20.0. The largest absolute Gasteiger partial charge is 0.0749 e. The van der Waals surface area contributed by atoms with Gasteiger partial charge in [0.05, 0.1) is 7.85 Å². The molecule has 3 saturated carbocycles. The van der Waals surface area contributed by atoms with Crippen LogP contribution >= 0.6 is 0 Å². The van der Waals surface area contributed by atoms with Gasteiger partial charge >= 0.3 is 0 Å². The fourth-order valence-corrected chi connectivity index (χ4v) is 7.60. The molecule has 2 unspecified atom stereocenters. The van der Waals surface area contributed by atoms with Gasteiger partial charge in [-0.1, -0.05) is 97.7 Å². The van der Waals surface area contributed by atoms with Crippen molar-refractivity contribution in [3.63, 3.8) is 0 Å². The molecule has 28 heavy (non-hydrogen) atoms. The van der Waals surface area contributed by atoms with Gasteiger partial charge in [-0.2, -0.15) is 0 Å². The van der Waals surface area contributed by atoms with E-state index in [1.54, 1.807) is 6.42 Å². The van der Waals surface area contributed by atoms with Crippen LogP contribution in [0.2, 0.25) is 5.31 Å². The van der Waals surface area contributed by atoms with E-state index >= 15 is 0 Å². The van der Waals surface area contributed by atoms with Crippen molar-refractivity contribution in [2.24, 2.45) is 28.1 Å². The van der Waals surface area contributed by atoms with E-state index < -0.39 is 0 Å². The van der Waals surface area contributed by atoms with Gasteiger partial charge < -0.3 is 0 Å². The molecule has 0 saturated heterocycles. The minimum absolute atomic E-state index is 0.0973. The summed E-state index contributed by atoms with van der Waals surface area (Å²) in [5.41, 5.74) is 1.76. The van der Waals surface area contributed by atoms with Crippen LogP contribution in [0.15, 0.2) is 0 Å². The van der Waals surface area contributed by atoms with E-state index in [0.29, 0.717) is 22.2 Å². The van der Waals surface area contributed by atoms with Crippen LogP contribution in [0.1, 0.15) is 137 Å². The van der Waals surface area contributed by atoms with Gasteiger partial charge in [0.2, 0.25) is 0 Å². The van der Waals surface area contributed by atoms with Crippen LogP contribution in [-0.2, 0) is 0 Å². The van der Waals surface area contributed by atoms with E-state index in [-0.39, 0.29) is 5.31 Å². The maximum Gasteiger partial charge on any atom is 0.0749 e. The number of fused-ring (bicyclic) bond motifs is 2. The molecular weight excluding hydrogens is 335 g/mol. The molecule has 0 heterocycles. The lowest BCUT2D eigenvalue weighted by molar-refractivity contribution is 0.0250. The highest BCUT2D eigenvalue weighted by Crippen LogP contribution is 2.66. The molecule has 0 aliphatic heterocycles. The van der Waals surface area contributed by atoms with E-state index in [1.165, 1.54) is 96.3 Å². The first kappa shape index (κ1) is 22.7. The fraction of sp³-hybridized carbons (Fsp3) is 1.00. The molecule has 2 bridgehead atoms. The second-order valence-corrected chi connectivity index (χ2v) is 12.7. The standard InChI is InChI=1S/C27H49B/c1-22(2)27(28)17-11-7-13-23(14-8-12-18-27)25-15-9-6-10-16-26(21-25,20-19-25)24(3,4)5/h22-23H,6-21H2,1-5H3. The minimum Gasteiger partial charge on any atom is -0.0638 e. The normalized spacial score (nSPS) is 41.4. The third kappa shape index (κ3) is 4.54. The molecule has 0 amide bonds. The van der Waals surface area contributed by atoms with E-state index in [2.05, 4.69) is 34.6 Å². The van der Waals surface area contributed by atoms with E-state index in [0.717, 1.165) is 5.92 Å². The van der Waals surface area contributed by atoms with E-state index in [9.17, 15) is 0 Å². The summed E-state index contributed by atoms with van der Waals surface area (Å²) >= 11 is 0. The molecule has 0 aromatic heterocycles. The molecular formula is C27H49B. The smallest absolute Gasteiger partial charge is 0.0638 e. The summed E-state index contributed by atoms with van der Waals surface area (Å²) in [6.45, 7) is 12.3. The number of hydrogen-bond donors (Lipinski definition) is 0. The highest BCUT2D eigenvalue weighted by Gasteiger charge is 2.55. The van der Waals surface area contributed by atoms with Crippen LogP contribution in [-0.4, -0.2) is 7.85 Å². The molecule has 0 aromatic rings. The zero-order chi connectivity index (χ0) is 20.5. The van der Waals surface area contributed by atoms with Crippen LogP contribution in [0, 0.1) is 28.1 Å². The summed E-state index contributed by atoms with van der Waals surface area (Å²) < 4.78 is 0. The molecule has 160 valence electrons. The van der Waals surface area contributed by atoms with E-state index in [4.69, 9.17) is 7.85 Å². The zero-order valence-electron chi connectivity index (χ0n) is 20.0. The third-order valence-electron chi connectivity index (χ3n) is 10.1. The Kier molecular flexibility index (Phi) is 7.04. The predicted molar refractivity (Wildman–Crippen MR) is 125 cm³/mol. The van der Waals surface area contributed by atoms with Gasteiger partial charge in [-0.3, -0.25) is 0 Å². The maximum absolute atomic E-state index is 6.83. The van der Waals surface area contributed by atoms with Crippen LogP contribution in [0.5, 0.6) is 0 Å². The maximum atomic E-state index is 6.83. The lowest BCUT2D eigenvalue weighted by Gasteiger charge is -2.48. The van der Waals surface area contributed by atoms with Crippen molar-refractivity contribution in [1.82, 2.24) is 0 Å². The Morgan fingerprint density at radius 2 is 1.29 bits per heavy atom. The summed E-state index contributed by atoms with van der Waals surface area (Å²) in [6.07, 6.45) is 23.1. The molecule has 3 aliphatic rings. The average Bonchev–Trinajstić information content (AvgIpc) is 3.02. The summed E-state index contributed by atoms with van der Waals surface area (Å²) in [6, 6.07) is 0. The van der Waals surface area contributed by atoms with Gasteiger partial charge in [0, 0.05) is 0 Å². The van der Waals surface area contributed by atoms with Crippen LogP contribution in [0.3, 0.4) is 0 Å². The Hall–Kier alpha value is 0.0649. The first-order valence-electron chi connectivity index (χ1n) is 12.9. The van der Waals surface area contributed by atoms with Crippen molar-refractivity contribution in [3.05, 3.63) is 0 Å². The summed E-state index contributed by atoms with van der Waals surface area (Å²) in [7, 11) is 6.83. The molecule has 3 aliphatic carbocycles. The second kappa shape index (κ2) is 8.67. The molecule has 3 rings (SSSR count). The Morgan fingerprint density at radius 1 is 0.714 bits per heavy atom. The fourth-order valence-electron chi connectivity index (χ4n) is 7.60. The van der Waals surface area contributed by atoms with Gasteiger partial charge in [-0.25, -0.2) is 0 Å². The Labute approximate surface area is 178 Å². The second-order valence-electron chi connectivity index (χ2n) is 12.7. The molecule has 0 spiro atoms. The van der Waals surface area contributed by atoms with Crippen LogP contribution in [0.4, 0.5) is 0 Å². The molecule has 3 fully saturated rings. The van der Waals surface area contributed by atoms with Gasteiger partial charge in [-0.05, 0) is 73.0 Å². The van der Waals surface area contributed by atoms with Crippen molar-refractivity contribution < 1.29 is 0 Å². The Morgan fingerprint density at radius 3 is 1.86 bits per heavy atom. The molecule has 0 N–H and O–H groups in total. The molecule has 2 radical (unpaired) electrons. The van der Waals surface area contributed by atoms with Crippen LogP contribution < -0.4 is 0 Å². The SMILES string of the molecule is [B]C1(C(C)C)CCCCC(C23CCCCCC(C(C)(C)C)(CC2)C3)CCCC1. The Bertz CT molecular complexity index is 489. The van der Waals surface area contributed by atoms with Gasteiger partial charge in [0.15, 0.2) is 0 Å². The van der Waals surface area contributed by atoms with Gasteiger partial charge in [0.25, 0.3) is 0 Å². The van der Waals surface area contributed by atoms with E-state index in [1.807, 2.05) is 0 Å². The first-order chi connectivity index (χ1) is 13.1. The highest BCUT2D eigenvalue weighted by atomic mass is 14.6. The molecule has 1 heteroatoms. The highest BCUT2D eigenvalue weighted by molar-refractivity contribution is 6.15. The number of rotatable bonds is 2. The summed E-state index contributed by atoms with van der Waals surface area (Å²) in [4.78, 5) is 0. The lowest BCUT2D eigenvalue weighted by Crippen LogP contribution is -2.38. The van der Waals surface area contributed by atoms with Gasteiger partial charge in [-0.15, -0.1) is 0 Å². The molecule has 0 nitrogen and oxygen atoms in total. The van der Waals surface area contributed by atoms with Crippen LogP contribution in [0.25, 0.3) is 0 Å². The summed E-state index contributed by atoms with van der Waals surface area (Å²) in [5.74, 6) is 1.60. The first-order valence-corrected chi connectivity index (χ1v) is 12.9. The third-order valence-corrected chi connectivity index (χ3v) is 10.1.